The van der Waals surface area contributed by atoms with Gasteiger partial charge in [0.1, 0.15) is 0 Å². The predicted octanol–water partition coefficient (Wildman–Crippen LogP) is 0.611. The fraction of sp³-hybridized carbons (Fsp3) is 0.500. The van der Waals surface area contributed by atoms with Gasteiger partial charge >= 0.3 is 0 Å². The lowest BCUT2D eigenvalue weighted by molar-refractivity contribution is 0.313. The maximum atomic E-state index is 7.06. The van der Waals surface area contributed by atoms with Crippen molar-refractivity contribution in [1.29, 1.82) is 5.41 Å². The minimum absolute atomic E-state index is 0.0705. The Hall–Kier alpha value is -1.17. The van der Waals surface area contributed by atoms with E-state index in [-0.39, 0.29) is 5.84 Å². The van der Waals surface area contributed by atoms with Gasteiger partial charge in [0.2, 0.25) is 0 Å². The summed E-state index contributed by atoms with van der Waals surface area (Å²) in [5, 5.41) is 15.3. The van der Waals surface area contributed by atoms with E-state index in [0.717, 1.165) is 6.42 Å². The van der Waals surface area contributed by atoms with Gasteiger partial charge in [-0.15, -0.1) is 5.10 Å². The summed E-state index contributed by atoms with van der Waals surface area (Å²) in [5.74, 6) is -0.0705. The number of nitrogens with two attached hydrogens (primary N) is 1. The number of nitrogen functional groups attached to an aromatic ring is 1. The topological polar surface area (TPSA) is 84.9 Å². The number of nitrogens with zero attached hydrogens (tertiary/aromatic N) is 2. The number of rotatable bonds is 4. The molecule has 12 heavy (non-hydrogen) atoms. The Kier molecular flexibility index (Phi) is 2.98. The molecule has 0 aliphatic heterocycles. The third kappa shape index (κ3) is 2.16. The molecule has 6 heteroatoms. The van der Waals surface area contributed by atoms with Crippen molar-refractivity contribution in [2.24, 2.45) is 5.73 Å². The van der Waals surface area contributed by atoms with Crippen molar-refractivity contribution in [3.63, 3.8) is 0 Å². The highest BCUT2D eigenvalue weighted by Gasteiger charge is 2.06. The van der Waals surface area contributed by atoms with Gasteiger partial charge in [-0.3, -0.25) is 5.41 Å². The Balaban J connectivity index is 2.58. The number of ether oxygens (including phenoxy) is 1. The maximum absolute atomic E-state index is 7.06. The van der Waals surface area contributed by atoms with Crippen molar-refractivity contribution in [2.75, 3.05) is 6.61 Å². The van der Waals surface area contributed by atoms with Crippen molar-refractivity contribution in [2.45, 2.75) is 13.3 Å². The first-order chi connectivity index (χ1) is 5.74. The van der Waals surface area contributed by atoms with Crippen LogP contribution in [0.1, 0.15) is 18.4 Å². The van der Waals surface area contributed by atoms with Crippen LogP contribution in [0.2, 0.25) is 0 Å². The Morgan fingerprint density at radius 1 is 1.67 bits per heavy atom. The average Bonchev–Trinajstić information content (AvgIpc) is 2.48. The van der Waals surface area contributed by atoms with E-state index in [9.17, 15) is 0 Å². The number of amidine groups is 1. The van der Waals surface area contributed by atoms with Crippen molar-refractivity contribution in [3.8, 4) is 5.19 Å². The molecule has 0 bridgehead atoms. The summed E-state index contributed by atoms with van der Waals surface area (Å²) < 4.78 is 5.18. The van der Waals surface area contributed by atoms with Crippen LogP contribution in [0.3, 0.4) is 0 Å². The van der Waals surface area contributed by atoms with Gasteiger partial charge in [-0.2, -0.15) is 0 Å². The van der Waals surface area contributed by atoms with Gasteiger partial charge in [-0.1, -0.05) is 23.4 Å². The lowest BCUT2D eigenvalue weighted by Crippen LogP contribution is -2.10. The first kappa shape index (κ1) is 8.92. The van der Waals surface area contributed by atoms with E-state index >= 15 is 0 Å². The molecule has 0 atom stereocenters. The van der Waals surface area contributed by atoms with E-state index in [1.165, 1.54) is 11.3 Å². The highest BCUT2D eigenvalue weighted by Crippen LogP contribution is 2.16. The van der Waals surface area contributed by atoms with Gasteiger partial charge in [0, 0.05) is 0 Å². The molecule has 66 valence electrons. The van der Waals surface area contributed by atoms with Crippen LogP contribution in [0, 0.1) is 5.41 Å². The van der Waals surface area contributed by atoms with E-state index in [0.29, 0.717) is 16.8 Å². The zero-order chi connectivity index (χ0) is 8.97. The minimum atomic E-state index is -0.0705. The van der Waals surface area contributed by atoms with Crippen molar-refractivity contribution < 1.29 is 4.74 Å². The summed E-state index contributed by atoms with van der Waals surface area (Å²) in [6.45, 7) is 2.62. The van der Waals surface area contributed by atoms with Crippen LogP contribution >= 0.6 is 11.3 Å². The third-order valence-electron chi connectivity index (χ3n) is 1.07. The Labute approximate surface area is 74.1 Å². The Morgan fingerprint density at radius 2 is 2.42 bits per heavy atom. The first-order valence-corrected chi connectivity index (χ1v) is 4.36. The average molecular weight is 186 g/mol. The van der Waals surface area contributed by atoms with Gasteiger partial charge in [-0.25, -0.2) is 0 Å². The van der Waals surface area contributed by atoms with Crippen molar-refractivity contribution in [3.05, 3.63) is 5.01 Å². The lowest BCUT2D eigenvalue weighted by atomic mass is 10.5. The Bertz CT molecular complexity index is 272. The van der Waals surface area contributed by atoms with Gasteiger partial charge in [0.05, 0.1) is 6.61 Å². The van der Waals surface area contributed by atoms with Gasteiger partial charge in [0.25, 0.3) is 5.19 Å². The SMILES string of the molecule is CCCOc1nnc(C(=N)N)s1. The van der Waals surface area contributed by atoms with Gasteiger partial charge in [-0.05, 0) is 6.42 Å². The van der Waals surface area contributed by atoms with E-state index in [1.807, 2.05) is 6.92 Å². The van der Waals surface area contributed by atoms with Crippen LogP contribution in [0.5, 0.6) is 5.19 Å². The summed E-state index contributed by atoms with van der Waals surface area (Å²) in [6.07, 6.45) is 0.926. The molecule has 1 rings (SSSR count). The highest BCUT2D eigenvalue weighted by molar-refractivity contribution is 7.15. The zero-order valence-electron chi connectivity index (χ0n) is 6.70. The fourth-order valence-electron chi connectivity index (χ4n) is 0.566. The molecule has 5 nitrogen and oxygen atoms in total. The molecule has 0 aliphatic carbocycles. The molecule has 0 saturated heterocycles. The van der Waals surface area contributed by atoms with E-state index in [1.54, 1.807) is 0 Å². The standard InChI is InChI=1S/C6H10N4OS/c1-2-3-11-6-10-9-5(12-6)4(7)8/h2-3H2,1H3,(H3,7,8). The second-order valence-electron chi connectivity index (χ2n) is 2.14. The molecule has 0 saturated carbocycles. The van der Waals surface area contributed by atoms with Crippen LogP contribution in [-0.2, 0) is 0 Å². The summed E-state index contributed by atoms with van der Waals surface area (Å²) in [5.41, 5.74) is 5.19. The highest BCUT2D eigenvalue weighted by atomic mass is 32.1. The molecule has 0 amide bonds. The molecule has 0 radical (unpaired) electrons. The number of hydrogen-bond acceptors (Lipinski definition) is 5. The largest absolute Gasteiger partial charge is 0.469 e. The second kappa shape index (κ2) is 4.01. The van der Waals surface area contributed by atoms with Crippen molar-refractivity contribution >= 4 is 17.2 Å². The van der Waals surface area contributed by atoms with E-state index < -0.39 is 0 Å². The molecule has 0 aromatic carbocycles. The monoisotopic (exact) mass is 186 g/mol. The minimum Gasteiger partial charge on any atom is -0.469 e. The quantitative estimate of drug-likeness (QED) is 0.533. The molecule has 0 aliphatic rings. The number of aromatic nitrogens is 2. The fourth-order valence-corrected chi connectivity index (χ4v) is 1.15. The smallest absolute Gasteiger partial charge is 0.294 e. The molecular formula is C6H10N4OS. The molecule has 1 aromatic heterocycles. The molecule has 0 unspecified atom stereocenters. The molecule has 0 spiro atoms. The van der Waals surface area contributed by atoms with Crippen molar-refractivity contribution in [1.82, 2.24) is 10.2 Å². The van der Waals surface area contributed by atoms with Crippen LogP contribution < -0.4 is 10.5 Å². The third-order valence-corrected chi connectivity index (χ3v) is 1.94. The van der Waals surface area contributed by atoms with Gasteiger partial charge < -0.3 is 10.5 Å². The normalized spacial score (nSPS) is 9.75. The van der Waals surface area contributed by atoms with E-state index in [4.69, 9.17) is 15.9 Å². The molecular weight excluding hydrogens is 176 g/mol. The number of nitrogens with one attached hydrogen (secondary N) is 1. The predicted molar refractivity (Wildman–Crippen MR) is 46.7 cm³/mol. The Morgan fingerprint density at radius 3 is 2.92 bits per heavy atom. The zero-order valence-corrected chi connectivity index (χ0v) is 7.52. The van der Waals surface area contributed by atoms with Crippen LogP contribution in [0.15, 0.2) is 0 Å². The van der Waals surface area contributed by atoms with Crippen LogP contribution in [0.25, 0.3) is 0 Å². The lowest BCUT2D eigenvalue weighted by Gasteiger charge is -1.95. The molecule has 1 aromatic rings. The van der Waals surface area contributed by atoms with Crippen LogP contribution in [-0.4, -0.2) is 22.6 Å². The molecule has 1 heterocycles. The maximum Gasteiger partial charge on any atom is 0.294 e. The van der Waals surface area contributed by atoms with Gasteiger partial charge in [0.15, 0.2) is 10.8 Å². The molecule has 0 fully saturated rings. The molecule has 3 N–H and O–H groups in total. The summed E-state index contributed by atoms with van der Waals surface area (Å²) in [6, 6.07) is 0. The summed E-state index contributed by atoms with van der Waals surface area (Å²) >= 11 is 1.19. The van der Waals surface area contributed by atoms with E-state index in [2.05, 4.69) is 10.2 Å². The summed E-state index contributed by atoms with van der Waals surface area (Å²) in [7, 11) is 0. The second-order valence-corrected chi connectivity index (χ2v) is 3.08. The number of hydrogen-bond donors (Lipinski definition) is 2. The first-order valence-electron chi connectivity index (χ1n) is 3.54. The summed E-state index contributed by atoms with van der Waals surface area (Å²) in [4.78, 5) is 0. The van der Waals surface area contributed by atoms with Crippen LogP contribution in [0.4, 0.5) is 0 Å².